The third kappa shape index (κ3) is 3.42. The molecule has 7 nitrogen and oxygen atoms in total. The van der Waals surface area contributed by atoms with E-state index in [4.69, 9.17) is 5.73 Å². The molecule has 2 N–H and O–H groups in total. The van der Waals surface area contributed by atoms with Crippen LogP contribution in [0.25, 0.3) is 0 Å². The molecule has 1 aromatic carbocycles. The van der Waals surface area contributed by atoms with Crippen molar-refractivity contribution in [3.05, 3.63) is 53.9 Å². The van der Waals surface area contributed by atoms with Gasteiger partial charge in [-0.1, -0.05) is 0 Å². The Labute approximate surface area is 144 Å². The van der Waals surface area contributed by atoms with Gasteiger partial charge >= 0.3 is 0 Å². The molecule has 1 aliphatic heterocycles. The Bertz CT molecular complexity index is 796. The van der Waals surface area contributed by atoms with Gasteiger partial charge in [0.1, 0.15) is 18.2 Å². The molecule has 1 unspecified atom stereocenters. The minimum Gasteiger partial charge on any atom is -0.368 e. The van der Waals surface area contributed by atoms with Crippen LogP contribution in [0.15, 0.2) is 36.8 Å². The van der Waals surface area contributed by atoms with Crippen molar-refractivity contribution in [3.8, 4) is 0 Å². The van der Waals surface area contributed by atoms with Crippen LogP contribution in [0.4, 0.5) is 10.1 Å². The molecule has 1 atom stereocenters. The largest absolute Gasteiger partial charge is 0.368 e. The van der Waals surface area contributed by atoms with Crippen LogP contribution in [0.2, 0.25) is 0 Å². The summed E-state index contributed by atoms with van der Waals surface area (Å²) in [6, 6.07) is 5.21. The molecule has 25 heavy (non-hydrogen) atoms. The zero-order chi connectivity index (χ0) is 18.0. The molecule has 2 aromatic rings. The number of hydrogen-bond donors (Lipinski definition) is 1. The molecule has 1 aromatic heterocycles. The molecule has 2 amide bonds. The fraction of sp³-hybridized carbons (Fsp3) is 0.294. The number of aromatic nitrogens is 2. The van der Waals surface area contributed by atoms with Crippen molar-refractivity contribution in [1.29, 1.82) is 0 Å². The Balaban J connectivity index is 1.83. The lowest BCUT2D eigenvalue weighted by Crippen LogP contribution is -2.60. The maximum Gasteiger partial charge on any atom is 0.258 e. The first-order valence-electron chi connectivity index (χ1n) is 7.85. The van der Waals surface area contributed by atoms with Crippen molar-refractivity contribution in [1.82, 2.24) is 14.9 Å². The molecule has 0 aliphatic carbocycles. The summed E-state index contributed by atoms with van der Waals surface area (Å²) in [5, 5.41) is 0. The number of piperazine rings is 1. The summed E-state index contributed by atoms with van der Waals surface area (Å²) < 4.78 is 13.1. The van der Waals surface area contributed by atoms with Crippen molar-refractivity contribution in [3.63, 3.8) is 0 Å². The van der Waals surface area contributed by atoms with E-state index >= 15 is 0 Å². The number of anilines is 1. The van der Waals surface area contributed by atoms with Gasteiger partial charge in [-0.3, -0.25) is 9.59 Å². The molecule has 3 rings (SSSR count). The highest BCUT2D eigenvalue weighted by Gasteiger charge is 2.35. The Morgan fingerprint density at radius 1 is 1.24 bits per heavy atom. The Morgan fingerprint density at radius 3 is 2.60 bits per heavy atom. The molecular weight excluding hydrogens is 325 g/mol. The predicted molar refractivity (Wildman–Crippen MR) is 89.4 cm³/mol. The summed E-state index contributed by atoms with van der Waals surface area (Å²) in [5.74, 6) is -1.24. The first-order valence-corrected chi connectivity index (χ1v) is 7.85. The molecule has 1 aliphatic rings. The van der Waals surface area contributed by atoms with Gasteiger partial charge in [-0.25, -0.2) is 14.4 Å². The van der Waals surface area contributed by atoms with Gasteiger partial charge in [0.15, 0.2) is 0 Å². The Kier molecular flexibility index (Phi) is 4.60. The first kappa shape index (κ1) is 16.8. The second kappa shape index (κ2) is 6.84. The van der Waals surface area contributed by atoms with E-state index in [1.165, 1.54) is 29.6 Å². The first-order chi connectivity index (χ1) is 12.0. The molecule has 1 fully saturated rings. The SMILES string of the molecule is Cc1ncncc1C(=O)N1CCN(c2ccc(F)cc2)CC1C(N)=O. The lowest BCUT2D eigenvalue weighted by Gasteiger charge is -2.41. The van der Waals surface area contributed by atoms with Gasteiger partial charge in [-0.05, 0) is 31.2 Å². The molecule has 0 saturated carbocycles. The number of halogens is 1. The molecule has 0 spiro atoms. The maximum absolute atomic E-state index is 13.1. The van der Waals surface area contributed by atoms with Crippen molar-refractivity contribution >= 4 is 17.5 Å². The van der Waals surface area contributed by atoms with Crippen molar-refractivity contribution < 1.29 is 14.0 Å². The number of benzene rings is 1. The van der Waals surface area contributed by atoms with E-state index in [2.05, 4.69) is 9.97 Å². The number of amides is 2. The number of nitrogens with zero attached hydrogens (tertiary/aromatic N) is 4. The number of carbonyl (C=O) groups is 2. The van der Waals surface area contributed by atoms with Gasteiger partial charge in [0.25, 0.3) is 5.91 Å². The second-order valence-corrected chi connectivity index (χ2v) is 5.86. The molecule has 8 heteroatoms. The van der Waals surface area contributed by atoms with Crippen LogP contribution in [-0.2, 0) is 4.79 Å². The van der Waals surface area contributed by atoms with E-state index in [0.717, 1.165) is 5.69 Å². The monoisotopic (exact) mass is 343 g/mol. The summed E-state index contributed by atoms with van der Waals surface area (Å²) in [5.41, 5.74) is 7.20. The number of carbonyl (C=O) groups excluding carboxylic acids is 2. The van der Waals surface area contributed by atoms with E-state index in [-0.39, 0.29) is 18.3 Å². The van der Waals surface area contributed by atoms with Crippen LogP contribution in [0.5, 0.6) is 0 Å². The van der Waals surface area contributed by atoms with Gasteiger partial charge < -0.3 is 15.5 Å². The molecule has 1 saturated heterocycles. The zero-order valence-corrected chi connectivity index (χ0v) is 13.7. The topological polar surface area (TPSA) is 92.4 Å². The van der Waals surface area contributed by atoms with E-state index in [0.29, 0.717) is 24.3 Å². The zero-order valence-electron chi connectivity index (χ0n) is 13.7. The lowest BCUT2D eigenvalue weighted by atomic mass is 10.1. The summed E-state index contributed by atoms with van der Waals surface area (Å²) in [4.78, 5) is 36.0. The van der Waals surface area contributed by atoms with E-state index < -0.39 is 11.9 Å². The highest BCUT2D eigenvalue weighted by molar-refractivity contribution is 5.98. The van der Waals surface area contributed by atoms with Crippen LogP contribution in [0.1, 0.15) is 16.1 Å². The number of rotatable bonds is 3. The Morgan fingerprint density at radius 2 is 1.96 bits per heavy atom. The second-order valence-electron chi connectivity index (χ2n) is 5.86. The number of nitrogens with two attached hydrogens (primary N) is 1. The third-order valence-corrected chi connectivity index (χ3v) is 4.30. The highest BCUT2D eigenvalue weighted by Crippen LogP contribution is 2.21. The fourth-order valence-electron chi connectivity index (χ4n) is 2.91. The fourth-order valence-corrected chi connectivity index (χ4v) is 2.91. The van der Waals surface area contributed by atoms with Gasteiger partial charge in [-0.2, -0.15) is 0 Å². The third-order valence-electron chi connectivity index (χ3n) is 4.30. The summed E-state index contributed by atoms with van der Waals surface area (Å²) >= 11 is 0. The van der Waals surface area contributed by atoms with Crippen LogP contribution >= 0.6 is 0 Å². The smallest absolute Gasteiger partial charge is 0.258 e. The predicted octanol–water partition coefficient (Wildman–Crippen LogP) is 0.740. The number of hydrogen-bond acceptors (Lipinski definition) is 5. The van der Waals surface area contributed by atoms with Crippen molar-refractivity contribution in [2.75, 3.05) is 24.5 Å². The van der Waals surface area contributed by atoms with Gasteiger partial charge in [0, 0.05) is 31.5 Å². The maximum atomic E-state index is 13.1. The summed E-state index contributed by atoms with van der Waals surface area (Å²) in [6.45, 7) is 2.79. The average Bonchev–Trinajstić information content (AvgIpc) is 2.61. The average molecular weight is 343 g/mol. The van der Waals surface area contributed by atoms with Crippen LogP contribution in [0.3, 0.4) is 0 Å². The van der Waals surface area contributed by atoms with Crippen LogP contribution in [0, 0.1) is 12.7 Å². The standard InChI is InChI=1S/C17H18FN5O2/c1-11-14(8-20-10-21-11)17(25)23-7-6-22(9-15(23)16(19)24)13-4-2-12(18)3-5-13/h2-5,8,10,15H,6-7,9H2,1H3,(H2,19,24). The minimum atomic E-state index is -0.786. The molecular formula is C17H18FN5O2. The molecule has 0 radical (unpaired) electrons. The molecule has 2 heterocycles. The van der Waals surface area contributed by atoms with E-state index in [9.17, 15) is 14.0 Å². The quantitative estimate of drug-likeness (QED) is 0.887. The summed E-state index contributed by atoms with van der Waals surface area (Å²) in [6.07, 6.45) is 2.80. The van der Waals surface area contributed by atoms with Crippen molar-refractivity contribution in [2.24, 2.45) is 5.73 Å². The van der Waals surface area contributed by atoms with E-state index in [1.54, 1.807) is 19.1 Å². The summed E-state index contributed by atoms with van der Waals surface area (Å²) in [7, 11) is 0. The highest BCUT2D eigenvalue weighted by atomic mass is 19.1. The number of aryl methyl sites for hydroxylation is 1. The normalized spacial score (nSPS) is 17.4. The van der Waals surface area contributed by atoms with Crippen LogP contribution in [-0.4, -0.2) is 52.4 Å². The molecule has 130 valence electrons. The van der Waals surface area contributed by atoms with Gasteiger partial charge in [-0.15, -0.1) is 0 Å². The van der Waals surface area contributed by atoms with Gasteiger partial charge in [0.2, 0.25) is 5.91 Å². The van der Waals surface area contributed by atoms with Crippen LogP contribution < -0.4 is 10.6 Å². The Hall–Kier alpha value is -3.03. The minimum absolute atomic E-state index is 0.249. The van der Waals surface area contributed by atoms with Crippen molar-refractivity contribution in [2.45, 2.75) is 13.0 Å². The molecule has 0 bridgehead atoms. The number of primary amides is 1. The van der Waals surface area contributed by atoms with Gasteiger partial charge in [0.05, 0.1) is 11.3 Å². The van der Waals surface area contributed by atoms with E-state index in [1.807, 2.05) is 4.90 Å². The lowest BCUT2D eigenvalue weighted by molar-refractivity contribution is -0.122.